The summed E-state index contributed by atoms with van der Waals surface area (Å²) in [6, 6.07) is 2.45. The van der Waals surface area contributed by atoms with Gasteiger partial charge < -0.3 is 9.64 Å². The van der Waals surface area contributed by atoms with Gasteiger partial charge in [0.25, 0.3) is 0 Å². The van der Waals surface area contributed by atoms with Crippen LogP contribution in [-0.2, 0) is 11.8 Å². The van der Waals surface area contributed by atoms with Crippen LogP contribution in [0.4, 0.5) is 5.82 Å². The van der Waals surface area contributed by atoms with Crippen molar-refractivity contribution < 1.29 is 4.74 Å². The van der Waals surface area contributed by atoms with Crippen LogP contribution in [0.3, 0.4) is 0 Å². The number of aryl methyl sites for hydroxylation is 2. The molecule has 0 aromatic carbocycles. The number of aromatic nitrogens is 2. The van der Waals surface area contributed by atoms with Crippen molar-refractivity contribution in [2.45, 2.75) is 26.8 Å². The van der Waals surface area contributed by atoms with E-state index in [0.29, 0.717) is 12.2 Å². The molecular formula is C12H20N4O. The Morgan fingerprint density at radius 1 is 1.59 bits per heavy atom. The molecule has 5 nitrogen and oxygen atoms in total. The van der Waals surface area contributed by atoms with Gasteiger partial charge in [0.05, 0.1) is 18.3 Å². The van der Waals surface area contributed by atoms with Crippen molar-refractivity contribution in [2.24, 2.45) is 7.05 Å². The number of anilines is 1. The molecule has 1 heterocycles. The first-order chi connectivity index (χ1) is 8.06. The molecule has 0 fully saturated rings. The zero-order chi connectivity index (χ0) is 13.0. The topological polar surface area (TPSA) is 54.1 Å². The fourth-order valence-corrected chi connectivity index (χ4v) is 2.11. The van der Waals surface area contributed by atoms with Gasteiger partial charge in [-0.1, -0.05) is 0 Å². The molecule has 1 unspecified atom stereocenters. The summed E-state index contributed by atoms with van der Waals surface area (Å²) in [4.78, 5) is 2.14. The Hall–Kier alpha value is -1.54. The molecule has 1 aromatic rings. The Labute approximate surface area is 103 Å². The van der Waals surface area contributed by atoms with E-state index in [1.165, 1.54) is 0 Å². The Morgan fingerprint density at radius 2 is 2.24 bits per heavy atom. The van der Waals surface area contributed by atoms with Crippen molar-refractivity contribution in [1.29, 1.82) is 5.26 Å². The smallest absolute Gasteiger partial charge is 0.145 e. The minimum Gasteiger partial charge on any atom is -0.383 e. The normalized spacial score (nSPS) is 12.2. The molecule has 0 bridgehead atoms. The van der Waals surface area contributed by atoms with Gasteiger partial charge in [-0.05, 0) is 20.8 Å². The van der Waals surface area contributed by atoms with Crippen LogP contribution >= 0.6 is 0 Å². The van der Waals surface area contributed by atoms with Gasteiger partial charge in [0, 0.05) is 20.7 Å². The summed E-state index contributed by atoms with van der Waals surface area (Å²) in [5.74, 6) is 0.872. The average Bonchev–Trinajstić information content (AvgIpc) is 2.55. The third kappa shape index (κ3) is 2.59. The fourth-order valence-electron chi connectivity index (χ4n) is 2.11. The molecule has 0 aliphatic rings. The SMILES string of the molecule is CCN(c1c(C#N)c(C)nn1C)C(C)COC. The lowest BCUT2D eigenvalue weighted by Gasteiger charge is -2.29. The maximum Gasteiger partial charge on any atom is 0.145 e. The van der Waals surface area contributed by atoms with Crippen LogP contribution in [0.15, 0.2) is 0 Å². The Morgan fingerprint density at radius 3 is 2.71 bits per heavy atom. The van der Waals surface area contributed by atoms with Gasteiger partial charge in [-0.15, -0.1) is 0 Å². The lowest BCUT2D eigenvalue weighted by atomic mass is 10.2. The van der Waals surface area contributed by atoms with E-state index < -0.39 is 0 Å². The Balaban J connectivity index is 3.16. The molecule has 17 heavy (non-hydrogen) atoms. The summed E-state index contributed by atoms with van der Waals surface area (Å²) in [6.07, 6.45) is 0. The van der Waals surface area contributed by atoms with Crippen molar-refractivity contribution >= 4 is 5.82 Å². The maximum absolute atomic E-state index is 9.21. The second-order valence-corrected chi connectivity index (χ2v) is 4.11. The van der Waals surface area contributed by atoms with Gasteiger partial charge in [0.2, 0.25) is 0 Å². The zero-order valence-electron chi connectivity index (χ0n) is 11.2. The summed E-state index contributed by atoms with van der Waals surface area (Å²) >= 11 is 0. The van der Waals surface area contributed by atoms with Crippen LogP contribution in [0.25, 0.3) is 0 Å². The molecule has 94 valence electrons. The lowest BCUT2D eigenvalue weighted by molar-refractivity contribution is 0.181. The molecule has 0 N–H and O–H groups in total. The molecule has 0 aliphatic heterocycles. The first kappa shape index (κ1) is 13.5. The maximum atomic E-state index is 9.21. The van der Waals surface area contributed by atoms with Gasteiger partial charge in [-0.3, -0.25) is 4.68 Å². The van der Waals surface area contributed by atoms with Crippen LogP contribution in [0, 0.1) is 18.3 Å². The predicted octanol–water partition coefficient (Wildman–Crippen LogP) is 1.46. The second-order valence-electron chi connectivity index (χ2n) is 4.11. The van der Waals surface area contributed by atoms with Gasteiger partial charge in [0.15, 0.2) is 0 Å². The van der Waals surface area contributed by atoms with E-state index in [1.807, 2.05) is 14.0 Å². The van der Waals surface area contributed by atoms with Crippen molar-refractivity contribution in [2.75, 3.05) is 25.2 Å². The number of hydrogen-bond donors (Lipinski definition) is 0. The van der Waals surface area contributed by atoms with Gasteiger partial charge in [-0.25, -0.2) is 0 Å². The van der Waals surface area contributed by atoms with E-state index in [9.17, 15) is 5.26 Å². The quantitative estimate of drug-likeness (QED) is 0.776. The average molecular weight is 236 g/mol. The van der Waals surface area contributed by atoms with E-state index >= 15 is 0 Å². The lowest BCUT2D eigenvalue weighted by Crippen LogP contribution is -2.37. The number of ether oxygens (including phenoxy) is 1. The third-order valence-electron chi connectivity index (χ3n) is 2.86. The number of nitriles is 1. The molecule has 0 spiro atoms. The zero-order valence-corrected chi connectivity index (χ0v) is 11.2. The highest BCUT2D eigenvalue weighted by molar-refractivity contribution is 5.57. The van der Waals surface area contributed by atoms with Gasteiger partial charge >= 0.3 is 0 Å². The summed E-state index contributed by atoms with van der Waals surface area (Å²) in [5.41, 5.74) is 1.42. The minimum atomic E-state index is 0.215. The standard InChI is InChI=1S/C12H20N4O/c1-6-16(9(2)8-17-5)12-11(7-13)10(3)14-15(12)4/h9H,6,8H2,1-5H3. The third-order valence-corrected chi connectivity index (χ3v) is 2.86. The van der Waals surface area contributed by atoms with E-state index in [4.69, 9.17) is 4.74 Å². The number of likely N-dealkylation sites (N-methyl/N-ethyl adjacent to an activating group) is 1. The molecule has 0 aliphatic carbocycles. The van der Waals surface area contributed by atoms with E-state index in [-0.39, 0.29) is 6.04 Å². The molecule has 1 aromatic heterocycles. The molecule has 0 radical (unpaired) electrons. The monoisotopic (exact) mass is 236 g/mol. The highest BCUT2D eigenvalue weighted by Crippen LogP contribution is 2.24. The summed E-state index contributed by atoms with van der Waals surface area (Å²) in [6.45, 7) is 7.45. The summed E-state index contributed by atoms with van der Waals surface area (Å²) in [7, 11) is 3.55. The predicted molar refractivity (Wildman–Crippen MR) is 67.0 cm³/mol. The van der Waals surface area contributed by atoms with E-state index in [0.717, 1.165) is 18.1 Å². The second kappa shape index (κ2) is 5.69. The van der Waals surface area contributed by atoms with Crippen molar-refractivity contribution in [3.63, 3.8) is 0 Å². The van der Waals surface area contributed by atoms with Gasteiger partial charge in [-0.2, -0.15) is 10.4 Å². The van der Waals surface area contributed by atoms with Crippen LogP contribution in [0.2, 0.25) is 0 Å². The Kier molecular flexibility index (Phi) is 4.53. The van der Waals surface area contributed by atoms with Crippen molar-refractivity contribution in [3.05, 3.63) is 11.3 Å². The van der Waals surface area contributed by atoms with Crippen LogP contribution in [0.5, 0.6) is 0 Å². The van der Waals surface area contributed by atoms with Crippen LogP contribution < -0.4 is 4.90 Å². The highest BCUT2D eigenvalue weighted by Gasteiger charge is 2.22. The molecule has 0 saturated carbocycles. The largest absolute Gasteiger partial charge is 0.383 e. The molecule has 0 amide bonds. The molecule has 0 saturated heterocycles. The first-order valence-corrected chi connectivity index (χ1v) is 5.76. The molecule has 1 atom stereocenters. The summed E-state index contributed by atoms with van der Waals surface area (Å²) in [5, 5.41) is 13.5. The van der Waals surface area contributed by atoms with E-state index in [2.05, 4.69) is 29.9 Å². The number of hydrogen-bond acceptors (Lipinski definition) is 4. The number of nitrogens with zero attached hydrogens (tertiary/aromatic N) is 4. The number of rotatable bonds is 5. The highest BCUT2D eigenvalue weighted by atomic mass is 16.5. The van der Waals surface area contributed by atoms with Crippen molar-refractivity contribution in [3.8, 4) is 6.07 Å². The van der Waals surface area contributed by atoms with Crippen molar-refractivity contribution in [1.82, 2.24) is 9.78 Å². The van der Waals surface area contributed by atoms with E-state index in [1.54, 1.807) is 11.8 Å². The molecule has 1 rings (SSSR count). The van der Waals surface area contributed by atoms with Crippen LogP contribution in [0.1, 0.15) is 25.1 Å². The first-order valence-electron chi connectivity index (χ1n) is 5.76. The van der Waals surface area contributed by atoms with Crippen LogP contribution in [-0.4, -0.2) is 36.1 Å². The fraction of sp³-hybridized carbons (Fsp3) is 0.667. The molecular weight excluding hydrogens is 216 g/mol. The Bertz CT molecular complexity index is 419. The number of methoxy groups -OCH3 is 1. The minimum absolute atomic E-state index is 0.215. The van der Waals surface area contributed by atoms with Gasteiger partial charge in [0.1, 0.15) is 17.5 Å². The summed E-state index contributed by atoms with van der Waals surface area (Å²) < 4.78 is 6.94. The molecule has 5 heteroatoms.